The minimum Gasteiger partial charge on any atom is -0.151 e. The van der Waals surface area contributed by atoms with Gasteiger partial charge in [0.25, 0.3) is 0 Å². The van der Waals surface area contributed by atoms with Crippen molar-refractivity contribution in [3.05, 3.63) is 9.81 Å². The molecule has 0 heterocycles. The quantitative estimate of drug-likeness (QED) is 0.617. The van der Waals surface area contributed by atoms with Crippen LogP contribution in [0, 0.1) is 15.2 Å². The molecule has 2 atom stereocenters. The van der Waals surface area contributed by atoms with Gasteiger partial charge in [0, 0.05) is 5.41 Å². The molecule has 1 aliphatic rings. The van der Waals surface area contributed by atoms with E-state index in [1.54, 1.807) is 0 Å². The van der Waals surface area contributed by atoms with Crippen LogP contribution in [0.25, 0.3) is 0 Å². The maximum atomic E-state index is 10.6. The molecule has 1 aliphatic carbocycles. The van der Waals surface area contributed by atoms with Crippen LogP contribution in [0.2, 0.25) is 0 Å². The number of nitrogens with zero attached hydrogens (tertiary/aromatic N) is 2. The second-order valence-corrected chi connectivity index (χ2v) is 3.91. The molecule has 0 N–H and O–H groups in total. The van der Waals surface area contributed by atoms with Gasteiger partial charge in [-0.15, -0.1) is 0 Å². The average molecular weight is 184 g/mol. The monoisotopic (exact) mass is 184 g/mol. The Balaban J connectivity index is 2.73. The standard InChI is InChI=1S/C9H16N2O2/c1-2-5-9(7-10-12)6-3-4-8(9)11-13/h8H,2-7H2,1H3. The predicted molar refractivity (Wildman–Crippen MR) is 51.4 cm³/mol. The summed E-state index contributed by atoms with van der Waals surface area (Å²) in [6, 6.07) is -0.176. The van der Waals surface area contributed by atoms with Gasteiger partial charge in [-0.1, -0.05) is 30.1 Å². The van der Waals surface area contributed by atoms with Crippen LogP contribution >= 0.6 is 0 Å². The highest BCUT2D eigenvalue weighted by molar-refractivity contribution is 4.97. The molecule has 0 aromatic rings. The molecule has 1 fully saturated rings. The average Bonchev–Trinajstić information content (AvgIpc) is 2.49. The van der Waals surface area contributed by atoms with Crippen molar-refractivity contribution < 1.29 is 0 Å². The summed E-state index contributed by atoms with van der Waals surface area (Å²) < 4.78 is 0. The number of hydrogen-bond donors (Lipinski definition) is 0. The fourth-order valence-electron chi connectivity index (χ4n) is 2.47. The van der Waals surface area contributed by atoms with Gasteiger partial charge in [0.15, 0.2) is 0 Å². The fraction of sp³-hybridized carbons (Fsp3) is 1.00. The van der Waals surface area contributed by atoms with E-state index in [0.29, 0.717) is 0 Å². The van der Waals surface area contributed by atoms with Crippen LogP contribution < -0.4 is 0 Å². The first-order chi connectivity index (χ1) is 6.29. The van der Waals surface area contributed by atoms with Crippen LogP contribution in [-0.4, -0.2) is 12.6 Å². The third-order valence-electron chi connectivity index (χ3n) is 3.11. The SMILES string of the molecule is CCCC1(CN=O)CCCC1N=O. The van der Waals surface area contributed by atoms with E-state index in [9.17, 15) is 9.81 Å². The van der Waals surface area contributed by atoms with Gasteiger partial charge in [-0.2, -0.15) is 9.81 Å². The molecule has 2 unspecified atom stereocenters. The van der Waals surface area contributed by atoms with Gasteiger partial charge in [0.2, 0.25) is 0 Å². The van der Waals surface area contributed by atoms with Crippen LogP contribution in [0.3, 0.4) is 0 Å². The summed E-state index contributed by atoms with van der Waals surface area (Å²) in [4.78, 5) is 20.9. The molecule has 0 aliphatic heterocycles. The lowest BCUT2D eigenvalue weighted by atomic mass is 9.79. The largest absolute Gasteiger partial charge is 0.151 e. The Morgan fingerprint density at radius 1 is 1.46 bits per heavy atom. The minimum atomic E-state index is -0.196. The maximum absolute atomic E-state index is 10.6. The first kappa shape index (κ1) is 10.3. The molecule has 0 radical (unpaired) electrons. The molecule has 0 saturated heterocycles. The van der Waals surface area contributed by atoms with Crippen LogP contribution in [0.15, 0.2) is 10.4 Å². The molecular weight excluding hydrogens is 168 g/mol. The van der Waals surface area contributed by atoms with Gasteiger partial charge < -0.3 is 0 Å². The molecular formula is C9H16N2O2. The van der Waals surface area contributed by atoms with E-state index in [1.165, 1.54) is 0 Å². The van der Waals surface area contributed by atoms with Crippen LogP contribution in [0.1, 0.15) is 39.0 Å². The van der Waals surface area contributed by atoms with E-state index in [0.717, 1.165) is 32.1 Å². The summed E-state index contributed by atoms with van der Waals surface area (Å²) in [5.41, 5.74) is -0.196. The zero-order chi connectivity index (χ0) is 9.73. The van der Waals surface area contributed by atoms with E-state index in [4.69, 9.17) is 0 Å². The Labute approximate surface area is 78.0 Å². The predicted octanol–water partition coefficient (Wildman–Crippen LogP) is 2.86. The molecule has 0 amide bonds. The van der Waals surface area contributed by atoms with Crippen molar-refractivity contribution in [2.75, 3.05) is 6.54 Å². The highest BCUT2D eigenvalue weighted by Crippen LogP contribution is 2.44. The third-order valence-corrected chi connectivity index (χ3v) is 3.11. The van der Waals surface area contributed by atoms with Crippen molar-refractivity contribution in [3.8, 4) is 0 Å². The first-order valence-corrected chi connectivity index (χ1v) is 4.90. The summed E-state index contributed by atoms with van der Waals surface area (Å²) in [5, 5.41) is 6.09. The summed E-state index contributed by atoms with van der Waals surface area (Å²) in [6.07, 6.45) is 4.66. The van der Waals surface area contributed by atoms with E-state index >= 15 is 0 Å². The molecule has 1 rings (SSSR count). The summed E-state index contributed by atoms with van der Waals surface area (Å²) in [6.45, 7) is 2.32. The van der Waals surface area contributed by atoms with Crippen molar-refractivity contribution in [1.82, 2.24) is 0 Å². The van der Waals surface area contributed by atoms with Gasteiger partial charge in [-0.25, -0.2) is 0 Å². The molecule has 1 saturated carbocycles. The summed E-state index contributed by atoms with van der Waals surface area (Å²) >= 11 is 0. The molecule has 0 aromatic heterocycles. The zero-order valence-corrected chi connectivity index (χ0v) is 8.03. The molecule has 74 valence electrons. The first-order valence-electron chi connectivity index (χ1n) is 4.90. The Bertz CT molecular complexity index is 196. The normalized spacial score (nSPS) is 33.2. The van der Waals surface area contributed by atoms with Crippen LogP contribution in [0.4, 0.5) is 0 Å². The molecule has 0 bridgehead atoms. The van der Waals surface area contributed by atoms with E-state index in [-0.39, 0.29) is 18.0 Å². The van der Waals surface area contributed by atoms with Crippen LogP contribution in [-0.2, 0) is 0 Å². The molecule has 0 spiro atoms. The lowest BCUT2D eigenvalue weighted by Crippen LogP contribution is -2.31. The highest BCUT2D eigenvalue weighted by atomic mass is 16.3. The highest BCUT2D eigenvalue weighted by Gasteiger charge is 2.43. The second kappa shape index (κ2) is 4.44. The molecule has 4 nitrogen and oxygen atoms in total. The fourth-order valence-corrected chi connectivity index (χ4v) is 2.47. The Morgan fingerprint density at radius 2 is 2.23 bits per heavy atom. The Morgan fingerprint density at radius 3 is 2.77 bits per heavy atom. The maximum Gasteiger partial charge on any atom is 0.0994 e. The van der Waals surface area contributed by atoms with Gasteiger partial charge in [-0.3, -0.25) is 0 Å². The summed E-state index contributed by atoms with van der Waals surface area (Å²) in [5.74, 6) is 0. The van der Waals surface area contributed by atoms with Gasteiger partial charge in [-0.05, 0) is 19.3 Å². The van der Waals surface area contributed by atoms with Gasteiger partial charge in [0.1, 0.15) is 0 Å². The van der Waals surface area contributed by atoms with E-state index < -0.39 is 0 Å². The minimum absolute atomic E-state index is 0.176. The smallest absolute Gasteiger partial charge is 0.0994 e. The van der Waals surface area contributed by atoms with Crippen LogP contribution in [0.5, 0.6) is 0 Å². The molecule has 0 aromatic carbocycles. The Kier molecular flexibility index (Phi) is 3.51. The number of nitroso groups, excluding NO2 is 2. The lowest BCUT2D eigenvalue weighted by molar-refractivity contribution is 0.245. The van der Waals surface area contributed by atoms with Crippen molar-refractivity contribution in [1.29, 1.82) is 0 Å². The van der Waals surface area contributed by atoms with Crippen molar-refractivity contribution in [2.24, 2.45) is 15.8 Å². The molecule has 13 heavy (non-hydrogen) atoms. The van der Waals surface area contributed by atoms with Gasteiger partial charge >= 0.3 is 0 Å². The third kappa shape index (κ3) is 1.92. The summed E-state index contributed by atoms with van der Waals surface area (Å²) in [7, 11) is 0. The number of hydrogen-bond acceptors (Lipinski definition) is 4. The topological polar surface area (TPSA) is 58.9 Å². The van der Waals surface area contributed by atoms with Crippen molar-refractivity contribution in [3.63, 3.8) is 0 Å². The van der Waals surface area contributed by atoms with Crippen molar-refractivity contribution >= 4 is 0 Å². The Hall–Kier alpha value is -0.800. The second-order valence-electron chi connectivity index (χ2n) is 3.91. The lowest BCUT2D eigenvalue weighted by Gasteiger charge is -2.28. The van der Waals surface area contributed by atoms with Gasteiger partial charge in [0.05, 0.1) is 12.6 Å². The van der Waals surface area contributed by atoms with E-state index in [2.05, 4.69) is 17.3 Å². The number of rotatable bonds is 5. The zero-order valence-electron chi connectivity index (χ0n) is 8.03. The van der Waals surface area contributed by atoms with Crippen molar-refractivity contribution in [2.45, 2.75) is 45.1 Å². The molecule has 4 heteroatoms. The van der Waals surface area contributed by atoms with E-state index in [1.807, 2.05) is 0 Å².